The lowest BCUT2D eigenvalue weighted by molar-refractivity contribution is -0.140. The Morgan fingerprint density at radius 2 is 1.24 bits per heavy atom. The summed E-state index contributed by atoms with van der Waals surface area (Å²) in [5.74, 6) is -3.73. The molecule has 41 heavy (non-hydrogen) atoms. The summed E-state index contributed by atoms with van der Waals surface area (Å²) < 4.78 is 22.0. The summed E-state index contributed by atoms with van der Waals surface area (Å²) in [5.41, 5.74) is 5.84. The average molecular weight is 580 g/mol. The number of hydrogen-bond acceptors (Lipinski definition) is 9. The molecule has 1 aromatic carbocycles. The highest BCUT2D eigenvalue weighted by Gasteiger charge is 2.36. The molecule has 4 unspecified atom stereocenters. The van der Waals surface area contributed by atoms with Crippen molar-refractivity contribution in [3.63, 3.8) is 0 Å². The molecule has 232 valence electrons. The summed E-state index contributed by atoms with van der Waals surface area (Å²) in [6.07, 6.45) is -1.82. The van der Waals surface area contributed by atoms with E-state index in [0.717, 1.165) is 0 Å². The Balaban J connectivity index is 3.46. The van der Waals surface area contributed by atoms with Gasteiger partial charge in [-0.25, -0.2) is 4.79 Å². The van der Waals surface area contributed by atoms with Gasteiger partial charge >= 0.3 is 24.1 Å². The molecule has 0 amide bonds. The number of ether oxygens (including phenoxy) is 4. The number of carbonyl (C=O) groups excluding carboxylic acids is 3. The van der Waals surface area contributed by atoms with Gasteiger partial charge in [0, 0.05) is 11.8 Å². The van der Waals surface area contributed by atoms with Crippen molar-refractivity contribution in [3.05, 3.63) is 23.8 Å². The van der Waals surface area contributed by atoms with Crippen LogP contribution in [0.2, 0.25) is 0 Å². The Kier molecular flexibility index (Phi) is 12.8. The van der Waals surface area contributed by atoms with Gasteiger partial charge in [0.05, 0.1) is 12.8 Å². The minimum Gasteiger partial charge on any atom is -0.480 e. The van der Waals surface area contributed by atoms with Gasteiger partial charge in [-0.1, -0.05) is 68.4 Å². The number of esters is 2. The monoisotopic (exact) mass is 579 g/mol. The molecular formula is C31H49NO9. The van der Waals surface area contributed by atoms with Gasteiger partial charge in [0.1, 0.15) is 18.2 Å². The Morgan fingerprint density at radius 3 is 1.68 bits per heavy atom. The number of rotatable bonds is 12. The molecule has 0 spiro atoms. The highest BCUT2D eigenvalue weighted by molar-refractivity contribution is 5.78. The van der Waals surface area contributed by atoms with Gasteiger partial charge in [-0.3, -0.25) is 14.4 Å². The van der Waals surface area contributed by atoms with Crippen LogP contribution in [0.15, 0.2) is 18.2 Å². The molecular weight excluding hydrogens is 530 g/mol. The zero-order valence-electron chi connectivity index (χ0n) is 26.4. The SMILES string of the molecule is CC(C)C(C)OC(=O)OC(C)C(C)C(c1ccc(OC(=O)CC(C)(C)C)c(OC(=O)CC(C)(C)C)c1)[C@H](N)C(=O)O. The molecule has 0 heterocycles. The van der Waals surface area contributed by atoms with Crippen molar-refractivity contribution in [1.29, 1.82) is 0 Å². The van der Waals surface area contributed by atoms with Crippen molar-refractivity contribution in [2.24, 2.45) is 28.4 Å². The van der Waals surface area contributed by atoms with E-state index in [0.29, 0.717) is 5.56 Å². The van der Waals surface area contributed by atoms with E-state index >= 15 is 0 Å². The standard InChI is InChI=1S/C31H49NO9/c1-17(2)19(4)38-29(37)39-20(5)18(3)26(27(32)28(35)36)21-12-13-22(40-24(33)15-30(6,7)8)23(14-21)41-25(34)16-31(9,10)11/h12-14,17-20,26-27H,15-16,32H2,1-11H3,(H,35,36)/t18?,19?,20?,26?,27-/m0/s1. The van der Waals surface area contributed by atoms with Crippen LogP contribution in [0, 0.1) is 22.7 Å². The van der Waals surface area contributed by atoms with E-state index in [1.807, 2.05) is 55.4 Å². The maximum atomic E-state index is 12.8. The van der Waals surface area contributed by atoms with Crippen LogP contribution in [0.5, 0.6) is 11.5 Å². The largest absolute Gasteiger partial charge is 0.508 e. The maximum Gasteiger partial charge on any atom is 0.508 e. The predicted octanol–water partition coefficient (Wildman–Crippen LogP) is 6.09. The first-order valence-corrected chi connectivity index (χ1v) is 14.0. The zero-order chi connectivity index (χ0) is 31.9. The first-order valence-electron chi connectivity index (χ1n) is 14.0. The highest BCUT2D eigenvalue weighted by atomic mass is 16.7. The van der Waals surface area contributed by atoms with Crippen LogP contribution in [0.25, 0.3) is 0 Å². The van der Waals surface area contributed by atoms with E-state index in [1.54, 1.807) is 26.8 Å². The fourth-order valence-corrected chi connectivity index (χ4v) is 3.94. The molecule has 3 N–H and O–H groups in total. The molecule has 5 atom stereocenters. The van der Waals surface area contributed by atoms with Crippen LogP contribution < -0.4 is 15.2 Å². The molecule has 0 fully saturated rings. The van der Waals surface area contributed by atoms with Crippen LogP contribution in [0.3, 0.4) is 0 Å². The van der Waals surface area contributed by atoms with Gasteiger partial charge in [0.2, 0.25) is 0 Å². The van der Waals surface area contributed by atoms with E-state index in [4.69, 9.17) is 24.7 Å². The quantitative estimate of drug-likeness (QED) is 0.220. The topological polar surface area (TPSA) is 151 Å². The smallest absolute Gasteiger partial charge is 0.480 e. The fourth-order valence-electron chi connectivity index (χ4n) is 3.94. The number of carbonyl (C=O) groups is 4. The Bertz CT molecular complexity index is 1070. The molecule has 0 aliphatic heterocycles. The second kappa shape index (κ2) is 14.7. The Morgan fingerprint density at radius 1 is 0.780 bits per heavy atom. The van der Waals surface area contributed by atoms with Crippen LogP contribution >= 0.6 is 0 Å². The number of benzene rings is 1. The zero-order valence-corrected chi connectivity index (χ0v) is 26.4. The minimum atomic E-state index is -1.39. The van der Waals surface area contributed by atoms with E-state index in [9.17, 15) is 24.3 Å². The predicted molar refractivity (Wildman–Crippen MR) is 155 cm³/mol. The van der Waals surface area contributed by atoms with Crippen LogP contribution in [-0.4, -0.2) is 47.4 Å². The molecule has 0 aliphatic rings. The Hall–Kier alpha value is -3.14. The van der Waals surface area contributed by atoms with Gasteiger partial charge in [0.15, 0.2) is 11.5 Å². The molecule has 0 aromatic heterocycles. The van der Waals surface area contributed by atoms with Gasteiger partial charge in [-0.15, -0.1) is 0 Å². The maximum absolute atomic E-state index is 12.8. The molecule has 0 saturated carbocycles. The number of carboxylic acid groups (broad SMARTS) is 1. The molecule has 10 nitrogen and oxygen atoms in total. The van der Waals surface area contributed by atoms with Crippen molar-refractivity contribution in [3.8, 4) is 11.5 Å². The second-order valence-corrected chi connectivity index (χ2v) is 13.5. The summed E-state index contributed by atoms with van der Waals surface area (Å²) >= 11 is 0. The number of hydrogen-bond donors (Lipinski definition) is 2. The molecule has 0 bridgehead atoms. The Labute approximate surface area is 244 Å². The van der Waals surface area contributed by atoms with Crippen molar-refractivity contribution in [1.82, 2.24) is 0 Å². The van der Waals surface area contributed by atoms with Crippen LogP contribution in [0.4, 0.5) is 4.79 Å². The number of aliphatic carboxylic acids is 1. The first kappa shape index (κ1) is 35.9. The van der Waals surface area contributed by atoms with E-state index in [1.165, 1.54) is 12.1 Å². The minimum absolute atomic E-state index is 0.0242. The summed E-state index contributed by atoms with van der Waals surface area (Å²) in [5, 5.41) is 9.82. The van der Waals surface area contributed by atoms with Crippen molar-refractivity contribution in [2.45, 2.75) is 113 Å². The van der Waals surface area contributed by atoms with Crippen molar-refractivity contribution >= 4 is 24.1 Å². The molecule has 0 saturated heterocycles. The van der Waals surface area contributed by atoms with E-state index in [2.05, 4.69) is 0 Å². The summed E-state index contributed by atoms with van der Waals surface area (Å²) in [7, 11) is 0. The fraction of sp³-hybridized carbons (Fsp3) is 0.677. The highest BCUT2D eigenvalue weighted by Crippen LogP contribution is 2.38. The van der Waals surface area contributed by atoms with E-state index < -0.39 is 48.0 Å². The normalized spacial score (nSPS) is 15.7. The van der Waals surface area contributed by atoms with E-state index in [-0.39, 0.29) is 47.2 Å². The summed E-state index contributed by atoms with van der Waals surface area (Å²) in [6.45, 7) is 20.2. The van der Waals surface area contributed by atoms with Crippen molar-refractivity contribution in [2.75, 3.05) is 0 Å². The van der Waals surface area contributed by atoms with Crippen LogP contribution in [-0.2, 0) is 23.9 Å². The molecule has 0 radical (unpaired) electrons. The summed E-state index contributed by atoms with van der Waals surface area (Å²) in [4.78, 5) is 49.8. The van der Waals surface area contributed by atoms with Gasteiger partial charge in [-0.05, 0) is 48.3 Å². The van der Waals surface area contributed by atoms with Gasteiger partial charge in [-0.2, -0.15) is 0 Å². The third-order valence-corrected chi connectivity index (χ3v) is 6.63. The molecule has 0 aliphatic carbocycles. The van der Waals surface area contributed by atoms with Gasteiger partial charge < -0.3 is 29.8 Å². The third-order valence-electron chi connectivity index (χ3n) is 6.63. The van der Waals surface area contributed by atoms with Crippen LogP contribution in [0.1, 0.15) is 100 Å². The lowest BCUT2D eigenvalue weighted by atomic mass is 9.79. The average Bonchev–Trinajstić information content (AvgIpc) is 2.77. The third kappa shape index (κ3) is 12.5. The number of carboxylic acids is 1. The molecule has 1 aromatic rings. The van der Waals surface area contributed by atoms with Gasteiger partial charge in [0.25, 0.3) is 0 Å². The molecule has 1 rings (SSSR count). The second-order valence-electron chi connectivity index (χ2n) is 13.5. The van der Waals surface area contributed by atoms with Crippen molar-refractivity contribution < 1.29 is 43.2 Å². The lowest BCUT2D eigenvalue weighted by Crippen LogP contribution is -2.43. The summed E-state index contributed by atoms with van der Waals surface area (Å²) in [6, 6.07) is 3.08. The number of nitrogens with two attached hydrogens (primary N) is 1. The lowest BCUT2D eigenvalue weighted by Gasteiger charge is -2.32. The molecule has 10 heteroatoms. The first-order chi connectivity index (χ1) is 18.6.